The summed E-state index contributed by atoms with van der Waals surface area (Å²) in [6.07, 6.45) is 0. The summed E-state index contributed by atoms with van der Waals surface area (Å²) in [4.78, 5) is 16.3. The van der Waals surface area contributed by atoms with E-state index >= 15 is 0 Å². The molecule has 2 rings (SSSR count). The van der Waals surface area contributed by atoms with Gasteiger partial charge >= 0.3 is 6.03 Å². The molecule has 1 N–H and O–H groups in total. The molecule has 2 amide bonds. The Kier molecular flexibility index (Phi) is 6.52. The molecule has 0 spiro atoms. The highest BCUT2D eigenvalue weighted by molar-refractivity contribution is 5.74. The number of benzene rings is 1. The summed E-state index contributed by atoms with van der Waals surface area (Å²) in [6.45, 7) is 9.55. The van der Waals surface area contributed by atoms with E-state index in [2.05, 4.69) is 17.1 Å². The minimum Gasteiger partial charge on any atom is -0.493 e. The van der Waals surface area contributed by atoms with Crippen molar-refractivity contribution in [3.63, 3.8) is 0 Å². The van der Waals surface area contributed by atoms with Crippen LogP contribution in [0.2, 0.25) is 0 Å². The quantitative estimate of drug-likeness (QED) is 0.811. The zero-order chi connectivity index (χ0) is 16.7. The lowest BCUT2D eigenvalue weighted by Crippen LogP contribution is -2.52. The average Bonchev–Trinajstić information content (AvgIpc) is 2.59. The molecule has 23 heavy (non-hydrogen) atoms. The lowest BCUT2D eigenvalue weighted by atomic mass is 10.2. The number of nitrogens with zero attached hydrogens (tertiary/aromatic N) is 2. The second kappa shape index (κ2) is 8.62. The molecule has 0 bridgehead atoms. The average molecular weight is 321 g/mol. The number of rotatable bonds is 6. The third kappa shape index (κ3) is 5.03. The number of urea groups is 1. The first-order valence-electron chi connectivity index (χ1n) is 8.16. The van der Waals surface area contributed by atoms with Crippen LogP contribution in [0.25, 0.3) is 0 Å². The number of carbonyl (C=O) groups excluding carboxylic acids is 1. The van der Waals surface area contributed by atoms with Gasteiger partial charge in [-0.3, -0.25) is 0 Å². The van der Waals surface area contributed by atoms with Crippen LogP contribution in [0.1, 0.15) is 12.5 Å². The SMILES string of the molecule is CCN1CCN(C(=O)NCCOc2ccc(C)cc2OC)CC1. The summed E-state index contributed by atoms with van der Waals surface area (Å²) in [5.74, 6) is 1.41. The van der Waals surface area contributed by atoms with Crippen molar-refractivity contribution in [3.05, 3.63) is 23.8 Å². The number of ether oxygens (including phenoxy) is 2. The molecule has 1 aliphatic rings. The molecule has 1 aromatic carbocycles. The molecule has 0 aromatic heterocycles. The topological polar surface area (TPSA) is 54.0 Å². The van der Waals surface area contributed by atoms with Crippen molar-refractivity contribution >= 4 is 6.03 Å². The number of hydrogen-bond acceptors (Lipinski definition) is 4. The van der Waals surface area contributed by atoms with E-state index in [1.807, 2.05) is 30.0 Å². The normalized spacial score (nSPS) is 15.3. The predicted molar refractivity (Wildman–Crippen MR) is 90.3 cm³/mol. The van der Waals surface area contributed by atoms with Gasteiger partial charge < -0.3 is 24.6 Å². The van der Waals surface area contributed by atoms with Gasteiger partial charge in [-0.1, -0.05) is 13.0 Å². The largest absolute Gasteiger partial charge is 0.493 e. The maximum atomic E-state index is 12.1. The van der Waals surface area contributed by atoms with Crippen molar-refractivity contribution in [1.82, 2.24) is 15.1 Å². The first-order valence-corrected chi connectivity index (χ1v) is 8.16. The van der Waals surface area contributed by atoms with Crippen LogP contribution in [0.3, 0.4) is 0 Å². The molecule has 6 heteroatoms. The summed E-state index contributed by atoms with van der Waals surface area (Å²) < 4.78 is 11.0. The second-order valence-electron chi connectivity index (χ2n) is 5.66. The molecule has 6 nitrogen and oxygen atoms in total. The van der Waals surface area contributed by atoms with Crippen LogP contribution in [0.15, 0.2) is 18.2 Å². The van der Waals surface area contributed by atoms with E-state index in [0.29, 0.717) is 24.7 Å². The zero-order valence-corrected chi connectivity index (χ0v) is 14.3. The third-order valence-corrected chi connectivity index (χ3v) is 4.06. The Morgan fingerprint density at radius 2 is 1.96 bits per heavy atom. The Morgan fingerprint density at radius 1 is 1.22 bits per heavy atom. The van der Waals surface area contributed by atoms with Crippen LogP contribution in [0.5, 0.6) is 11.5 Å². The van der Waals surface area contributed by atoms with Crippen LogP contribution >= 0.6 is 0 Å². The summed E-state index contributed by atoms with van der Waals surface area (Å²) in [7, 11) is 1.62. The fourth-order valence-corrected chi connectivity index (χ4v) is 2.59. The van der Waals surface area contributed by atoms with Gasteiger partial charge in [-0.25, -0.2) is 4.79 Å². The number of hydrogen-bond donors (Lipinski definition) is 1. The fraction of sp³-hybridized carbons (Fsp3) is 0.588. The van der Waals surface area contributed by atoms with Crippen LogP contribution in [0, 0.1) is 6.92 Å². The van der Waals surface area contributed by atoms with Gasteiger partial charge in [-0.15, -0.1) is 0 Å². The van der Waals surface area contributed by atoms with Gasteiger partial charge in [0.25, 0.3) is 0 Å². The van der Waals surface area contributed by atoms with Gasteiger partial charge in [0.1, 0.15) is 6.61 Å². The molecule has 1 aliphatic heterocycles. The zero-order valence-electron chi connectivity index (χ0n) is 14.3. The first kappa shape index (κ1) is 17.4. The molecule has 0 atom stereocenters. The monoisotopic (exact) mass is 321 g/mol. The molecule has 0 saturated carbocycles. The Labute approximate surface area is 138 Å². The van der Waals surface area contributed by atoms with Crippen molar-refractivity contribution in [2.75, 3.05) is 53.0 Å². The molecule has 1 aromatic rings. The fourth-order valence-electron chi connectivity index (χ4n) is 2.59. The van der Waals surface area contributed by atoms with Gasteiger partial charge in [0, 0.05) is 26.2 Å². The van der Waals surface area contributed by atoms with E-state index in [1.165, 1.54) is 0 Å². The maximum Gasteiger partial charge on any atom is 0.317 e. The minimum absolute atomic E-state index is 0.0137. The van der Waals surface area contributed by atoms with Crippen molar-refractivity contribution < 1.29 is 14.3 Å². The van der Waals surface area contributed by atoms with Gasteiger partial charge in [0.15, 0.2) is 11.5 Å². The molecular formula is C17H27N3O3. The van der Waals surface area contributed by atoms with Crippen LogP contribution in [-0.4, -0.2) is 68.8 Å². The first-order chi connectivity index (χ1) is 11.1. The molecule has 1 saturated heterocycles. The van der Waals surface area contributed by atoms with E-state index in [9.17, 15) is 4.79 Å². The highest BCUT2D eigenvalue weighted by Gasteiger charge is 2.19. The Morgan fingerprint density at radius 3 is 2.61 bits per heavy atom. The number of nitrogens with one attached hydrogen (secondary N) is 1. The number of methoxy groups -OCH3 is 1. The number of amides is 2. The summed E-state index contributed by atoms with van der Waals surface area (Å²) >= 11 is 0. The smallest absolute Gasteiger partial charge is 0.317 e. The lowest BCUT2D eigenvalue weighted by Gasteiger charge is -2.33. The van der Waals surface area contributed by atoms with Gasteiger partial charge in [-0.05, 0) is 31.2 Å². The molecule has 1 fully saturated rings. The Hall–Kier alpha value is -1.95. The van der Waals surface area contributed by atoms with E-state index in [-0.39, 0.29) is 6.03 Å². The van der Waals surface area contributed by atoms with Gasteiger partial charge in [0.2, 0.25) is 0 Å². The van der Waals surface area contributed by atoms with E-state index in [1.54, 1.807) is 7.11 Å². The number of piperazine rings is 1. The summed E-state index contributed by atoms with van der Waals surface area (Å²) in [6, 6.07) is 5.78. The van der Waals surface area contributed by atoms with Crippen molar-refractivity contribution in [3.8, 4) is 11.5 Å². The van der Waals surface area contributed by atoms with Gasteiger partial charge in [0.05, 0.1) is 13.7 Å². The van der Waals surface area contributed by atoms with Crippen LogP contribution in [0.4, 0.5) is 4.79 Å². The molecular weight excluding hydrogens is 294 g/mol. The van der Waals surface area contributed by atoms with E-state index in [4.69, 9.17) is 9.47 Å². The van der Waals surface area contributed by atoms with Crippen LogP contribution < -0.4 is 14.8 Å². The third-order valence-electron chi connectivity index (χ3n) is 4.06. The van der Waals surface area contributed by atoms with E-state index < -0.39 is 0 Å². The highest BCUT2D eigenvalue weighted by Crippen LogP contribution is 2.27. The standard InChI is InChI=1S/C17H27N3O3/c1-4-19-8-10-20(11-9-19)17(21)18-7-12-23-15-6-5-14(2)13-16(15)22-3/h5-6,13H,4,7-12H2,1-3H3,(H,18,21). The minimum atomic E-state index is -0.0137. The highest BCUT2D eigenvalue weighted by atomic mass is 16.5. The predicted octanol–water partition coefficient (Wildman–Crippen LogP) is 1.73. The molecule has 1 heterocycles. The Balaban J connectivity index is 1.70. The number of carbonyl (C=O) groups is 1. The number of likely N-dealkylation sites (N-methyl/N-ethyl adjacent to an activating group) is 1. The van der Waals surface area contributed by atoms with Crippen molar-refractivity contribution in [2.24, 2.45) is 0 Å². The lowest BCUT2D eigenvalue weighted by molar-refractivity contribution is 0.142. The van der Waals surface area contributed by atoms with E-state index in [0.717, 1.165) is 38.3 Å². The Bertz CT molecular complexity index is 514. The summed E-state index contributed by atoms with van der Waals surface area (Å²) in [5.41, 5.74) is 1.12. The maximum absolute atomic E-state index is 12.1. The van der Waals surface area contributed by atoms with Crippen molar-refractivity contribution in [1.29, 1.82) is 0 Å². The second-order valence-corrected chi connectivity index (χ2v) is 5.66. The molecule has 0 unspecified atom stereocenters. The summed E-state index contributed by atoms with van der Waals surface area (Å²) in [5, 5.41) is 2.91. The molecule has 0 aliphatic carbocycles. The van der Waals surface area contributed by atoms with Crippen molar-refractivity contribution in [2.45, 2.75) is 13.8 Å². The van der Waals surface area contributed by atoms with Gasteiger partial charge in [-0.2, -0.15) is 0 Å². The molecule has 0 radical (unpaired) electrons. The number of aryl methyl sites for hydroxylation is 1. The van der Waals surface area contributed by atoms with Crippen LogP contribution in [-0.2, 0) is 0 Å². The molecule has 128 valence electrons.